The third-order valence-electron chi connectivity index (χ3n) is 3.06. The number of aryl methyl sites for hydroxylation is 1. The summed E-state index contributed by atoms with van der Waals surface area (Å²) in [7, 11) is 0. The topological polar surface area (TPSA) is 94.2 Å². The van der Waals surface area contributed by atoms with Crippen molar-refractivity contribution in [1.29, 1.82) is 0 Å². The van der Waals surface area contributed by atoms with Gasteiger partial charge in [0.1, 0.15) is 5.69 Å². The number of H-pyrrole nitrogens is 1. The van der Waals surface area contributed by atoms with E-state index >= 15 is 0 Å². The Balaban J connectivity index is 2.75. The van der Waals surface area contributed by atoms with Crippen molar-refractivity contribution in [2.24, 2.45) is 5.41 Å². The Labute approximate surface area is 112 Å². The number of amides is 2. The van der Waals surface area contributed by atoms with Gasteiger partial charge in [-0.1, -0.05) is 20.8 Å². The Bertz CT molecular complexity index is 486. The molecular weight excluding hydrogens is 246 g/mol. The highest BCUT2D eigenvalue weighted by atomic mass is 16.4. The molecule has 6 heteroatoms. The average molecular weight is 267 g/mol. The summed E-state index contributed by atoms with van der Waals surface area (Å²) in [5.41, 5.74) is 0.859. The van der Waals surface area contributed by atoms with Gasteiger partial charge in [-0.25, -0.2) is 9.59 Å². The third-order valence-corrected chi connectivity index (χ3v) is 3.06. The van der Waals surface area contributed by atoms with Gasteiger partial charge in [-0.15, -0.1) is 0 Å². The van der Waals surface area contributed by atoms with Crippen LogP contribution in [0.25, 0.3) is 0 Å². The van der Waals surface area contributed by atoms with E-state index in [2.05, 4.69) is 15.6 Å². The predicted molar refractivity (Wildman–Crippen MR) is 73.6 cm³/mol. The quantitative estimate of drug-likeness (QED) is 0.678. The number of urea groups is 1. The molecular formula is C13H21N3O3. The van der Waals surface area contributed by atoms with Gasteiger partial charge in [-0.05, 0) is 25.3 Å². The Morgan fingerprint density at radius 2 is 1.95 bits per heavy atom. The summed E-state index contributed by atoms with van der Waals surface area (Å²) in [6, 6.07) is 1.13. The van der Waals surface area contributed by atoms with Crippen LogP contribution in [-0.2, 0) is 0 Å². The van der Waals surface area contributed by atoms with Crippen molar-refractivity contribution in [3.8, 4) is 0 Å². The zero-order chi connectivity index (χ0) is 14.8. The first-order chi connectivity index (χ1) is 8.61. The van der Waals surface area contributed by atoms with Gasteiger partial charge in [0.15, 0.2) is 0 Å². The van der Waals surface area contributed by atoms with Gasteiger partial charge >= 0.3 is 12.0 Å². The molecule has 1 heterocycles. The van der Waals surface area contributed by atoms with Gasteiger partial charge in [0, 0.05) is 11.7 Å². The fourth-order valence-electron chi connectivity index (χ4n) is 1.43. The summed E-state index contributed by atoms with van der Waals surface area (Å²) in [4.78, 5) is 25.5. The fraction of sp³-hybridized carbons (Fsp3) is 0.538. The summed E-state index contributed by atoms with van der Waals surface area (Å²) >= 11 is 0. The third kappa shape index (κ3) is 4.01. The molecule has 0 aromatic carbocycles. The van der Waals surface area contributed by atoms with Crippen molar-refractivity contribution in [2.75, 3.05) is 5.32 Å². The van der Waals surface area contributed by atoms with Crippen LogP contribution in [-0.4, -0.2) is 28.1 Å². The lowest BCUT2D eigenvalue weighted by Gasteiger charge is -2.28. The molecule has 19 heavy (non-hydrogen) atoms. The molecule has 106 valence electrons. The monoisotopic (exact) mass is 267 g/mol. The molecule has 1 rings (SSSR count). The maximum Gasteiger partial charge on any atom is 0.354 e. The standard InChI is InChI=1S/C13H21N3O3/c1-7-6-9(10(14-7)11(17)18)16-12(19)15-8(2)13(3,4)5/h6,8,14H,1-5H3,(H,17,18)(H2,15,16,19). The second-order valence-corrected chi connectivity index (χ2v) is 5.73. The molecule has 1 aromatic heterocycles. The number of aromatic carboxylic acids is 1. The zero-order valence-corrected chi connectivity index (χ0v) is 11.9. The molecule has 1 aromatic rings. The fourth-order valence-corrected chi connectivity index (χ4v) is 1.43. The van der Waals surface area contributed by atoms with Crippen molar-refractivity contribution in [2.45, 2.75) is 40.7 Å². The Kier molecular flexibility index (Phi) is 4.24. The lowest BCUT2D eigenvalue weighted by Crippen LogP contribution is -2.43. The summed E-state index contributed by atoms with van der Waals surface area (Å²) < 4.78 is 0. The van der Waals surface area contributed by atoms with E-state index in [4.69, 9.17) is 5.11 Å². The van der Waals surface area contributed by atoms with Gasteiger partial charge < -0.3 is 20.7 Å². The van der Waals surface area contributed by atoms with Crippen molar-refractivity contribution < 1.29 is 14.7 Å². The number of nitrogens with one attached hydrogen (secondary N) is 3. The normalized spacial score (nSPS) is 12.9. The Hall–Kier alpha value is -1.98. The summed E-state index contributed by atoms with van der Waals surface area (Å²) in [5, 5.41) is 14.3. The minimum absolute atomic E-state index is 0.0175. The van der Waals surface area contributed by atoms with Crippen LogP contribution in [0.5, 0.6) is 0 Å². The summed E-state index contributed by atoms with van der Waals surface area (Å²) in [5.74, 6) is -1.10. The van der Waals surface area contributed by atoms with E-state index in [0.29, 0.717) is 5.69 Å². The van der Waals surface area contributed by atoms with Gasteiger partial charge in [0.05, 0.1) is 5.69 Å². The number of anilines is 1. The Morgan fingerprint density at radius 3 is 2.42 bits per heavy atom. The first kappa shape index (κ1) is 15.1. The second kappa shape index (κ2) is 5.34. The SMILES string of the molecule is Cc1cc(NC(=O)NC(C)C(C)(C)C)c(C(=O)O)[nH]1. The number of hydrogen-bond donors (Lipinski definition) is 4. The molecule has 1 atom stereocenters. The number of carboxylic acid groups (broad SMARTS) is 1. The van der Waals surface area contributed by atoms with E-state index in [9.17, 15) is 9.59 Å². The molecule has 0 bridgehead atoms. The van der Waals surface area contributed by atoms with Gasteiger partial charge in [-0.3, -0.25) is 0 Å². The van der Waals surface area contributed by atoms with Gasteiger partial charge in [-0.2, -0.15) is 0 Å². The molecule has 1 unspecified atom stereocenters. The number of aromatic nitrogens is 1. The predicted octanol–water partition coefficient (Wildman–Crippen LogP) is 2.58. The van der Waals surface area contributed by atoms with E-state index in [0.717, 1.165) is 0 Å². The maximum absolute atomic E-state index is 11.8. The molecule has 0 radical (unpaired) electrons. The molecule has 0 fully saturated rings. The Morgan fingerprint density at radius 1 is 1.37 bits per heavy atom. The number of carbonyl (C=O) groups is 2. The number of aromatic amines is 1. The van der Waals surface area contributed by atoms with E-state index in [-0.39, 0.29) is 22.8 Å². The number of rotatable bonds is 3. The molecule has 6 nitrogen and oxygen atoms in total. The molecule has 0 saturated heterocycles. The highest BCUT2D eigenvalue weighted by Crippen LogP contribution is 2.20. The first-order valence-corrected chi connectivity index (χ1v) is 6.11. The van der Waals surface area contributed by atoms with Crippen molar-refractivity contribution in [3.63, 3.8) is 0 Å². The summed E-state index contributed by atoms with van der Waals surface area (Å²) in [6.07, 6.45) is 0. The van der Waals surface area contributed by atoms with Crippen molar-refractivity contribution >= 4 is 17.7 Å². The molecule has 2 amide bonds. The van der Waals surface area contributed by atoms with Crippen LogP contribution >= 0.6 is 0 Å². The summed E-state index contributed by atoms with van der Waals surface area (Å²) in [6.45, 7) is 9.68. The number of carbonyl (C=O) groups excluding carboxylic acids is 1. The smallest absolute Gasteiger partial charge is 0.354 e. The highest BCUT2D eigenvalue weighted by Gasteiger charge is 2.22. The number of carboxylic acids is 1. The second-order valence-electron chi connectivity index (χ2n) is 5.73. The highest BCUT2D eigenvalue weighted by molar-refractivity contribution is 5.99. The van der Waals surface area contributed by atoms with Crippen LogP contribution in [0.3, 0.4) is 0 Å². The van der Waals surface area contributed by atoms with E-state index in [1.165, 1.54) is 0 Å². The molecule has 0 aliphatic carbocycles. The van der Waals surface area contributed by atoms with Crippen molar-refractivity contribution in [1.82, 2.24) is 10.3 Å². The molecule has 0 saturated carbocycles. The zero-order valence-electron chi connectivity index (χ0n) is 11.9. The number of hydrogen-bond acceptors (Lipinski definition) is 2. The van der Waals surface area contributed by atoms with Crippen LogP contribution in [0.4, 0.5) is 10.5 Å². The molecule has 4 N–H and O–H groups in total. The molecule has 0 aliphatic rings. The molecule has 0 aliphatic heterocycles. The molecule has 0 spiro atoms. The first-order valence-electron chi connectivity index (χ1n) is 6.11. The van der Waals surface area contributed by atoms with Crippen LogP contribution < -0.4 is 10.6 Å². The van der Waals surface area contributed by atoms with Crippen molar-refractivity contribution in [3.05, 3.63) is 17.5 Å². The largest absolute Gasteiger partial charge is 0.477 e. The van der Waals surface area contributed by atoms with Gasteiger partial charge in [0.25, 0.3) is 0 Å². The van der Waals surface area contributed by atoms with E-state index in [1.54, 1.807) is 13.0 Å². The maximum atomic E-state index is 11.8. The lowest BCUT2D eigenvalue weighted by molar-refractivity contribution is 0.0692. The van der Waals surface area contributed by atoms with Gasteiger partial charge in [0.2, 0.25) is 0 Å². The van der Waals surface area contributed by atoms with Crippen LogP contribution in [0, 0.1) is 12.3 Å². The van der Waals surface area contributed by atoms with E-state index < -0.39 is 12.0 Å². The minimum atomic E-state index is -1.10. The van der Waals surface area contributed by atoms with E-state index in [1.807, 2.05) is 27.7 Å². The van der Waals surface area contributed by atoms with Crippen LogP contribution in [0.1, 0.15) is 43.9 Å². The average Bonchev–Trinajstić information content (AvgIpc) is 2.57. The van der Waals surface area contributed by atoms with Crippen LogP contribution in [0.15, 0.2) is 6.07 Å². The minimum Gasteiger partial charge on any atom is -0.477 e. The van der Waals surface area contributed by atoms with Crippen LogP contribution in [0.2, 0.25) is 0 Å². The lowest BCUT2D eigenvalue weighted by atomic mass is 9.88.